The second-order valence-electron chi connectivity index (χ2n) is 5.97. The Bertz CT molecular complexity index is 554. The minimum atomic E-state index is 0.271. The van der Waals surface area contributed by atoms with Crippen LogP contribution in [0.2, 0.25) is 0 Å². The first-order valence-electron chi connectivity index (χ1n) is 7.07. The summed E-state index contributed by atoms with van der Waals surface area (Å²) in [6.45, 7) is 6.89. The number of aromatic nitrogens is 2. The van der Waals surface area contributed by atoms with Crippen molar-refractivity contribution in [1.82, 2.24) is 15.1 Å². The number of fused-ring (bicyclic) bond motifs is 1. The molecule has 1 aromatic carbocycles. The summed E-state index contributed by atoms with van der Waals surface area (Å²) in [4.78, 5) is 0. The molecule has 0 aliphatic carbocycles. The van der Waals surface area contributed by atoms with Crippen molar-refractivity contribution in [3.8, 4) is 0 Å². The molecule has 0 bridgehead atoms. The third-order valence-electron chi connectivity index (χ3n) is 4.43. The molecule has 0 fully saturated rings. The molecule has 104 valence electrons. The molecule has 0 saturated carbocycles. The third-order valence-corrected chi connectivity index (χ3v) is 4.43. The summed E-state index contributed by atoms with van der Waals surface area (Å²) in [5.74, 6) is 0. The van der Waals surface area contributed by atoms with Crippen molar-refractivity contribution in [2.24, 2.45) is 12.5 Å². The molecule has 1 heterocycles. The van der Waals surface area contributed by atoms with Gasteiger partial charge in [0.2, 0.25) is 0 Å². The Labute approximate surface area is 116 Å². The van der Waals surface area contributed by atoms with E-state index in [4.69, 9.17) is 5.10 Å². The second kappa shape index (κ2) is 5.33. The van der Waals surface area contributed by atoms with Crippen LogP contribution in [0.15, 0.2) is 24.3 Å². The van der Waals surface area contributed by atoms with Crippen molar-refractivity contribution in [2.75, 3.05) is 7.05 Å². The van der Waals surface area contributed by atoms with Gasteiger partial charge in [0, 0.05) is 24.9 Å². The van der Waals surface area contributed by atoms with Crippen molar-refractivity contribution in [2.45, 2.75) is 39.7 Å². The van der Waals surface area contributed by atoms with Crippen LogP contribution in [0.1, 0.15) is 32.9 Å². The highest BCUT2D eigenvalue weighted by atomic mass is 15.3. The zero-order chi connectivity index (χ0) is 14.0. The highest BCUT2D eigenvalue weighted by Gasteiger charge is 2.27. The summed E-state index contributed by atoms with van der Waals surface area (Å²) in [6, 6.07) is 8.90. The van der Waals surface area contributed by atoms with Gasteiger partial charge in [-0.25, -0.2) is 0 Å². The summed E-state index contributed by atoms with van der Waals surface area (Å²) in [5.41, 5.74) is 2.67. The highest BCUT2D eigenvalue weighted by Crippen LogP contribution is 2.28. The van der Waals surface area contributed by atoms with Crippen LogP contribution in [0.5, 0.6) is 0 Å². The molecular formula is C16H25N3. The Kier molecular flexibility index (Phi) is 3.95. The summed E-state index contributed by atoms with van der Waals surface area (Å²) in [5, 5.41) is 9.44. The maximum Gasteiger partial charge on any atom is 0.0718 e. The van der Waals surface area contributed by atoms with Gasteiger partial charge in [0.05, 0.1) is 11.2 Å². The van der Waals surface area contributed by atoms with Crippen LogP contribution in [0, 0.1) is 5.41 Å². The predicted octanol–water partition coefficient (Wildman–Crippen LogP) is 3.14. The van der Waals surface area contributed by atoms with Gasteiger partial charge in [-0.1, -0.05) is 39.0 Å². The van der Waals surface area contributed by atoms with Gasteiger partial charge < -0.3 is 5.32 Å². The lowest BCUT2D eigenvalue weighted by molar-refractivity contribution is 0.239. The zero-order valence-electron chi connectivity index (χ0n) is 12.7. The lowest BCUT2D eigenvalue weighted by Gasteiger charge is -2.33. The summed E-state index contributed by atoms with van der Waals surface area (Å²) >= 11 is 0. The minimum absolute atomic E-state index is 0.271. The molecule has 0 amide bonds. The van der Waals surface area contributed by atoms with Crippen LogP contribution in [0.4, 0.5) is 0 Å². The number of nitrogens with zero attached hydrogens (tertiary/aromatic N) is 2. The molecule has 0 radical (unpaired) electrons. The van der Waals surface area contributed by atoms with Crippen LogP contribution in [-0.4, -0.2) is 22.9 Å². The van der Waals surface area contributed by atoms with E-state index in [0.717, 1.165) is 12.8 Å². The molecule has 1 N–H and O–H groups in total. The number of benzene rings is 1. The number of hydrogen-bond donors (Lipinski definition) is 1. The molecule has 1 aromatic heterocycles. The molecule has 1 atom stereocenters. The minimum Gasteiger partial charge on any atom is -0.316 e. The first-order chi connectivity index (χ1) is 8.99. The Morgan fingerprint density at radius 1 is 1.32 bits per heavy atom. The molecule has 19 heavy (non-hydrogen) atoms. The quantitative estimate of drug-likeness (QED) is 0.894. The van der Waals surface area contributed by atoms with Crippen molar-refractivity contribution in [3.63, 3.8) is 0 Å². The van der Waals surface area contributed by atoms with Gasteiger partial charge in [-0.2, -0.15) is 5.10 Å². The lowest BCUT2D eigenvalue weighted by Crippen LogP contribution is -2.41. The molecule has 0 aliphatic heterocycles. The summed E-state index contributed by atoms with van der Waals surface area (Å²) < 4.78 is 1.98. The van der Waals surface area contributed by atoms with Crippen molar-refractivity contribution in [1.29, 1.82) is 0 Å². The normalized spacial score (nSPS) is 13.9. The first kappa shape index (κ1) is 14.1. The van der Waals surface area contributed by atoms with E-state index in [1.807, 2.05) is 18.8 Å². The van der Waals surface area contributed by atoms with Gasteiger partial charge in [-0.15, -0.1) is 0 Å². The fraction of sp³-hybridized carbons (Fsp3) is 0.562. The van der Waals surface area contributed by atoms with Gasteiger partial charge in [0.1, 0.15) is 0 Å². The molecule has 2 rings (SSSR count). The number of likely N-dealkylation sites (N-methyl/N-ethyl adjacent to an activating group) is 1. The molecule has 3 nitrogen and oxygen atoms in total. The van der Waals surface area contributed by atoms with Gasteiger partial charge in [0.25, 0.3) is 0 Å². The first-order valence-corrected chi connectivity index (χ1v) is 7.07. The van der Waals surface area contributed by atoms with E-state index in [-0.39, 0.29) is 5.41 Å². The molecule has 2 aromatic rings. The zero-order valence-corrected chi connectivity index (χ0v) is 12.7. The van der Waals surface area contributed by atoms with E-state index in [0.29, 0.717) is 6.04 Å². The van der Waals surface area contributed by atoms with Crippen molar-refractivity contribution < 1.29 is 0 Å². The Morgan fingerprint density at radius 2 is 2.00 bits per heavy atom. The molecule has 3 heteroatoms. The van der Waals surface area contributed by atoms with Gasteiger partial charge >= 0.3 is 0 Å². The van der Waals surface area contributed by atoms with Crippen molar-refractivity contribution in [3.05, 3.63) is 30.0 Å². The summed E-state index contributed by atoms with van der Waals surface area (Å²) in [7, 11) is 4.07. The maximum absolute atomic E-state index is 4.70. The van der Waals surface area contributed by atoms with Crippen LogP contribution in [-0.2, 0) is 13.5 Å². The number of nitrogens with one attached hydrogen (secondary N) is 1. The lowest BCUT2D eigenvalue weighted by atomic mass is 9.79. The topological polar surface area (TPSA) is 29.9 Å². The van der Waals surface area contributed by atoms with Gasteiger partial charge in [-0.05, 0) is 24.9 Å². The number of hydrogen-bond acceptors (Lipinski definition) is 2. The Balaban J connectivity index is 2.35. The highest BCUT2D eigenvalue weighted by molar-refractivity contribution is 5.81. The van der Waals surface area contributed by atoms with Gasteiger partial charge in [0.15, 0.2) is 0 Å². The molecule has 0 saturated heterocycles. The molecule has 0 aliphatic rings. The second-order valence-corrected chi connectivity index (χ2v) is 5.97. The van der Waals surface area contributed by atoms with Crippen LogP contribution in [0.25, 0.3) is 10.9 Å². The number of rotatable bonds is 5. The fourth-order valence-electron chi connectivity index (χ4n) is 2.65. The molecule has 1 unspecified atom stereocenters. The average molecular weight is 259 g/mol. The largest absolute Gasteiger partial charge is 0.316 e. The van der Waals surface area contributed by atoms with E-state index >= 15 is 0 Å². The molecular weight excluding hydrogens is 234 g/mol. The van der Waals surface area contributed by atoms with Crippen molar-refractivity contribution >= 4 is 10.9 Å². The van der Waals surface area contributed by atoms with Crippen LogP contribution >= 0.6 is 0 Å². The Morgan fingerprint density at radius 3 is 2.63 bits per heavy atom. The van der Waals surface area contributed by atoms with E-state index in [2.05, 4.69) is 50.4 Å². The maximum atomic E-state index is 4.70. The average Bonchev–Trinajstić information content (AvgIpc) is 2.73. The summed E-state index contributed by atoms with van der Waals surface area (Å²) in [6.07, 6.45) is 2.13. The van der Waals surface area contributed by atoms with E-state index < -0.39 is 0 Å². The SMILES string of the molecule is CCC(C)(C)C(Cc1nn(C)c2ccccc12)NC. The fourth-order valence-corrected chi connectivity index (χ4v) is 2.65. The monoisotopic (exact) mass is 259 g/mol. The van der Waals surface area contributed by atoms with Gasteiger partial charge in [-0.3, -0.25) is 4.68 Å². The van der Waals surface area contributed by atoms with Crippen LogP contribution < -0.4 is 5.32 Å². The van der Waals surface area contributed by atoms with E-state index in [9.17, 15) is 0 Å². The molecule has 0 spiro atoms. The Hall–Kier alpha value is -1.35. The van der Waals surface area contributed by atoms with E-state index in [1.165, 1.54) is 16.6 Å². The van der Waals surface area contributed by atoms with Crippen LogP contribution in [0.3, 0.4) is 0 Å². The van der Waals surface area contributed by atoms with E-state index in [1.54, 1.807) is 0 Å². The number of aryl methyl sites for hydroxylation is 1. The smallest absolute Gasteiger partial charge is 0.0718 e. The standard InChI is InChI=1S/C16H25N3/c1-6-16(2,3)15(17-4)11-13-12-9-7-8-10-14(12)19(5)18-13/h7-10,15,17H,6,11H2,1-5H3. The third kappa shape index (κ3) is 2.66. The number of para-hydroxylation sites is 1. The predicted molar refractivity (Wildman–Crippen MR) is 81.3 cm³/mol.